The highest BCUT2D eigenvalue weighted by Gasteiger charge is 1.98. The van der Waals surface area contributed by atoms with Gasteiger partial charge in [0.1, 0.15) is 0 Å². The van der Waals surface area contributed by atoms with E-state index in [1.807, 2.05) is 0 Å². The van der Waals surface area contributed by atoms with Gasteiger partial charge in [-0.05, 0) is 25.5 Å². The number of aryl methyl sites for hydroxylation is 1. The molecule has 0 unspecified atom stereocenters. The maximum Gasteiger partial charge on any atom is 0.306 e. The summed E-state index contributed by atoms with van der Waals surface area (Å²) in [6, 6.07) is 8.46. The Morgan fingerprint density at radius 3 is 2.88 bits per heavy atom. The number of ether oxygens (including phenoxy) is 1. The molecule has 0 bridgehead atoms. The molecule has 0 saturated heterocycles. The SMILES string of the molecule is COC(=O)CCNCCc1cccc(C)c1. The first-order valence-corrected chi connectivity index (χ1v) is 5.55. The molecule has 0 spiro atoms. The van der Waals surface area contributed by atoms with Crippen LogP contribution in [-0.2, 0) is 16.0 Å². The summed E-state index contributed by atoms with van der Waals surface area (Å²) in [6.45, 7) is 3.66. The molecule has 0 aliphatic heterocycles. The highest BCUT2D eigenvalue weighted by molar-refractivity contribution is 5.69. The molecule has 0 amide bonds. The van der Waals surface area contributed by atoms with Crippen molar-refractivity contribution < 1.29 is 9.53 Å². The second-order valence-electron chi connectivity index (χ2n) is 3.82. The van der Waals surface area contributed by atoms with E-state index in [-0.39, 0.29) is 5.97 Å². The van der Waals surface area contributed by atoms with E-state index >= 15 is 0 Å². The normalized spacial score (nSPS) is 10.1. The van der Waals surface area contributed by atoms with Crippen molar-refractivity contribution in [2.75, 3.05) is 20.2 Å². The molecule has 1 rings (SSSR count). The van der Waals surface area contributed by atoms with Gasteiger partial charge in [0, 0.05) is 6.54 Å². The Kier molecular flexibility index (Phi) is 5.57. The van der Waals surface area contributed by atoms with E-state index in [9.17, 15) is 4.79 Å². The third-order valence-electron chi connectivity index (χ3n) is 2.41. The number of hydrogen-bond acceptors (Lipinski definition) is 3. The van der Waals surface area contributed by atoms with Gasteiger partial charge in [0.05, 0.1) is 13.5 Å². The van der Waals surface area contributed by atoms with Gasteiger partial charge in [-0.2, -0.15) is 0 Å². The maximum absolute atomic E-state index is 10.8. The highest BCUT2D eigenvalue weighted by Crippen LogP contribution is 2.03. The number of carbonyl (C=O) groups excluding carboxylic acids is 1. The number of carbonyl (C=O) groups is 1. The molecule has 1 N–H and O–H groups in total. The fraction of sp³-hybridized carbons (Fsp3) is 0.462. The minimum absolute atomic E-state index is 0.164. The van der Waals surface area contributed by atoms with Gasteiger partial charge < -0.3 is 10.1 Å². The van der Waals surface area contributed by atoms with Crippen LogP contribution in [0.4, 0.5) is 0 Å². The van der Waals surface area contributed by atoms with Crippen LogP contribution in [0.1, 0.15) is 17.5 Å². The van der Waals surface area contributed by atoms with Crippen molar-refractivity contribution in [1.29, 1.82) is 0 Å². The van der Waals surface area contributed by atoms with Crippen LogP contribution in [0.2, 0.25) is 0 Å². The third-order valence-corrected chi connectivity index (χ3v) is 2.41. The molecule has 0 aromatic heterocycles. The second kappa shape index (κ2) is 7.01. The lowest BCUT2D eigenvalue weighted by molar-refractivity contribution is -0.140. The fourth-order valence-electron chi connectivity index (χ4n) is 1.52. The molecule has 0 aliphatic rings. The molecule has 1 aromatic rings. The molecule has 0 aliphatic carbocycles. The van der Waals surface area contributed by atoms with Gasteiger partial charge in [-0.1, -0.05) is 29.8 Å². The summed E-state index contributed by atoms with van der Waals surface area (Å²) < 4.78 is 4.55. The molecule has 0 radical (unpaired) electrons. The summed E-state index contributed by atoms with van der Waals surface area (Å²) in [5.74, 6) is -0.164. The number of rotatable bonds is 6. The fourth-order valence-corrected chi connectivity index (χ4v) is 1.52. The highest BCUT2D eigenvalue weighted by atomic mass is 16.5. The average Bonchev–Trinajstić information content (AvgIpc) is 2.28. The minimum atomic E-state index is -0.164. The lowest BCUT2D eigenvalue weighted by Crippen LogP contribution is -2.21. The molecular formula is C13H19NO2. The van der Waals surface area contributed by atoms with Crippen LogP contribution in [-0.4, -0.2) is 26.2 Å². The van der Waals surface area contributed by atoms with E-state index in [4.69, 9.17) is 0 Å². The van der Waals surface area contributed by atoms with Gasteiger partial charge >= 0.3 is 5.97 Å². The zero-order valence-corrected chi connectivity index (χ0v) is 9.95. The molecule has 1 aromatic carbocycles. The quantitative estimate of drug-likeness (QED) is 0.587. The molecule has 0 saturated carbocycles. The average molecular weight is 221 g/mol. The van der Waals surface area contributed by atoms with Crippen LogP contribution < -0.4 is 5.32 Å². The summed E-state index contributed by atoms with van der Waals surface area (Å²) in [5.41, 5.74) is 2.61. The topological polar surface area (TPSA) is 38.3 Å². The Labute approximate surface area is 96.8 Å². The Balaban J connectivity index is 2.14. The summed E-state index contributed by atoms with van der Waals surface area (Å²) in [5, 5.41) is 3.22. The third kappa shape index (κ3) is 4.94. The maximum atomic E-state index is 10.8. The Hall–Kier alpha value is -1.35. The molecule has 3 nitrogen and oxygen atoms in total. The summed E-state index contributed by atoms with van der Waals surface area (Å²) in [7, 11) is 1.41. The first-order valence-electron chi connectivity index (χ1n) is 5.55. The van der Waals surface area contributed by atoms with E-state index in [0.29, 0.717) is 13.0 Å². The minimum Gasteiger partial charge on any atom is -0.469 e. The Morgan fingerprint density at radius 2 is 2.19 bits per heavy atom. The van der Waals surface area contributed by atoms with Crippen LogP contribution in [0.5, 0.6) is 0 Å². The van der Waals surface area contributed by atoms with E-state index in [1.165, 1.54) is 18.2 Å². The number of esters is 1. The van der Waals surface area contributed by atoms with Gasteiger partial charge in [0.2, 0.25) is 0 Å². The molecule has 0 atom stereocenters. The standard InChI is InChI=1S/C13H19NO2/c1-11-4-3-5-12(10-11)6-8-14-9-7-13(15)16-2/h3-5,10,14H,6-9H2,1-2H3. The van der Waals surface area contributed by atoms with Crippen LogP contribution in [0, 0.1) is 6.92 Å². The molecule has 3 heteroatoms. The van der Waals surface area contributed by atoms with Crippen LogP contribution in [0.25, 0.3) is 0 Å². The first kappa shape index (κ1) is 12.7. The first-order chi connectivity index (χ1) is 7.72. The summed E-state index contributed by atoms with van der Waals surface area (Å²) in [4.78, 5) is 10.8. The molecular weight excluding hydrogens is 202 g/mol. The van der Waals surface area contributed by atoms with Crippen molar-refractivity contribution >= 4 is 5.97 Å². The van der Waals surface area contributed by atoms with Crippen molar-refractivity contribution in [3.05, 3.63) is 35.4 Å². The number of methoxy groups -OCH3 is 1. The van der Waals surface area contributed by atoms with Gasteiger partial charge in [0.15, 0.2) is 0 Å². The van der Waals surface area contributed by atoms with E-state index in [2.05, 4.69) is 41.2 Å². The lowest BCUT2D eigenvalue weighted by Gasteiger charge is -2.04. The van der Waals surface area contributed by atoms with Crippen molar-refractivity contribution in [1.82, 2.24) is 5.32 Å². The van der Waals surface area contributed by atoms with E-state index in [0.717, 1.165) is 13.0 Å². The number of nitrogens with one attached hydrogen (secondary N) is 1. The summed E-state index contributed by atoms with van der Waals surface area (Å²) in [6.07, 6.45) is 1.42. The van der Waals surface area contributed by atoms with Gasteiger partial charge in [-0.25, -0.2) is 0 Å². The number of benzene rings is 1. The van der Waals surface area contributed by atoms with Gasteiger partial charge in [-0.3, -0.25) is 4.79 Å². The van der Waals surface area contributed by atoms with Crippen LogP contribution in [0.15, 0.2) is 24.3 Å². The van der Waals surface area contributed by atoms with E-state index in [1.54, 1.807) is 0 Å². The van der Waals surface area contributed by atoms with Crippen LogP contribution >= 0.6 is 0 Å². The Morgan fingerprint density at radius 1 is 1.38 bits per heavy atom. The molecule has 0 heterocycles. The predicted octanol–water partition coefficient (Wildman–Crippen LogP) is 1.69. The Bertz CT molecular complexity index is 336. The van der Waals surface area contributed by atoms with Gasteiger partial charge in [0.25, 0.3) is 0 Å². The number of hydrogen-bond donors (Lipinski definition) is 1. The van der Waals surface area contributed by atoms with Crippen molar-refractivity contribution in [3.63, 3.8) is 0 Å². The largest absolute Gasteiger partial charge is 0.469 e. The zero-order valence-electron chi connectivity index (χ0n) is 9.95. The molecule has 88 valence electrons. The monoisotopic (exact) mass is 221 g/mol. The van der Waals surface area contributed by atoms with Crippen molar-refractivity contribution in [2.45, 2.75) is 19.8 Å². The van der Waals surface area contributed by atoms with Crippen molar-refractivity contribution in [2.24, 2.45) is 0 Å². The molecule has 16 heavy (non-hydrogen) atoms. The van der Waals surface area contributed by atoms with Crippen molar-refractivity contribution in [3.8, 4) is 0 Å². The lowest BCUT2D eigenvalue weighted by atomic mass is 10.1. The second-order valence-corrected chi connectivity index (χ2v) is 3.82. The zero-order chi connectivity index (χ0) is 11.8. The van der Waals surface area contributed by atoms with E-state index < -0.39 is 0 Å². The van der Waals surface area contributed by atoms with Crippen LogP contribution in [0.3, 0.4) is 0 Å². The predicted molar refractivity (Wildman–Crippen MR) is 64.4 cm³/mol. The summed E-state index contributed by atoms with van der Waals surface area (Å²) >= 11 is 0. The smallest absolute Gasteiger partial charge is 0.306 e. The molecule has 0 fully saturated rings. The van der Waals surface area contributed by atoms with Gasteiger partial charge in [-0.15, -0.1) is 0 Å².